The summed E-state index contributed by atoms with van der Waals surface area (Å²) >= 11 is 1.74. The van der Waals surface area contributed by atoms with Crippen LogP contribution in [0.15, 0.2) is 76.0 Å². The van der Waals surface area contributed by atoms with E-state index in [4.69, 9.17) is 4.99 Å². The first kappa shape index (κ1) is 18.8. The van der Waals surface area contributed by atoms with Gasteiger partial charge in [-0.1, -0.05) is 61.5 Å². The fourth-order valence-corrected chi connectivity index (χ4v) is 4.15. The van der Waals surface area contributed by atoms with Crippen LogP contribution in [0.4, 0.5) is 5.69 Å². The van der Waals surface area contributed by atoms with Crippen LogP contribution in [0.1, 0.15) is 25.8 Å². The van der Waals surface area contributed by atoms with Gasteiger partial charge >= 0.3 is 0 Å². The van der Waals surface area contributed by atoms with E-state index in [1.165, 1.54) is 16.9 Å². The fourth-order valence-electron chi connectivity index (χ4n) is 3.49. The van der Waals surface area contributed by atoms with Gasteiger partial charge in [-0.05, 0) is 60.9 Å². The molecule has 0 spiro atoms. The standard InChI is InChI=1S/C23H28N2S/c1-18-9-11-21(12-10-18)24-23(25-16-19(2)15-20(3)17-25)13-14-26-22-7-5-4-6-8-22/h4-14,19-20H,15-17H2,1-3H3. The summed E-state index contributed by atoms with van der Waals surface area (Å²) in [5, 5.41) is 2.16. The zero-order chi connectivity index (χ0) is 18.4. The highest BCUT2D eigenvalue weighted by atomic mass is 32.2. The number of amidine groups is 1. The highest BCUT2D eigenvalue weighted by Crippen LogP contribution is 2.24. The summed E-state index contributed by atoms with van der Waals surface area (Å²) in [6.07, 6.45) is 3.47. The van der Waals surface area contributed by atoms with E-state index in [0.717, 1.165) is 24.6 Å². The summed E-state index contributed by atoms with van der Waals surface area (Å²) in [5.41, 5.74) is 2.28. The molecule has 2 atom stereocenters. The van der Waals surface area contributed by atoms with Gasteiger partial charge in [-0.3, -0.25) is 0 Å². The van der Waals surface area contributed by atoms with Crippen molar-refractivity contribution in [2.75, 3.05) is 13.1 Å². The van der Waals surface area contributed by atoms with Crippen LogP contribution >= 0.6 is 11.8 Å². The summed E-state index contributed by atoms with van der Waals surface area (Å²) in [6.45, 7) is 8.95. The average Bonchev–Trinajstić information content (AvgIpc) is 2.63. The van der Waals surface area contributed by atoms with E-state index in [0.29, 0.717) is 11.8 Å². The van der Waals surface area contributed by atoms with Gasteiger partial charge in [-0.15, -0.1) is 0 Å². The zero-order valence-corrected chi connectivity index (χ0v) is 16.7. The van der Waals surface area contributed by atoms with E-state index in [2.05, 4.69) is 91.8 Å². The Morgan fingerprint density at radius 1 is 1.00 bits per heavy atom. The van der Waals surface area contributed by atoms with Gasteiger partial charge in [-0.2, -0.15) is 0 Å². The first-order valence-electron chi connectivity index (χ1n) is 9.38. The van der Waals surface area contributed by atoms with Crippen molar-refractivity contribution >= 4 is 23.3 Å². The molecule has 1 aliphatic rings. The molecule has 2 nitrogen and oxygen atoms in total. The van der Waals surface area contributed by atoms with Gasteiger partial charge in [-0.25, -0.2) is 4.99 Å². The van der Waals surface area contributed by atoms with Crippen LogP contribution in [0.25, 0.3) is 0 Å². The molecule has 136 valence electrons. The van der Waals surface area contributed by atoms with Crippen molar-refractivity contribution in [1.29, 1.82) is 0 Å². The fraction of sp³-hybridized carbons (Fsp3) is 0.348. The molecule has 0 saturated carbocycles. The number of piperidine rings is 1. The third-order valence-corrected chi connectivity index (χ3v) is 5.45. The van der Waals surface area contributed by atoms with E-state index in [-0.39, 0.29) is 0 Å². The first-order chi connectivity index (χ1) is 12.6. The van der Waals surface area contributed by atoms with E-state index in [9.17, 15) is 0 Å². The second kappa shape index (κ2) is 9.09. The number of hydrogen-bond acceptors (Lipinski definition) is 2. The van der Waals surface area contributed by atoms with Crippen LogP contribution in [-0.4, -0.2) is 23.8 Å². The molecule has 0 amide bonds. The van der Waals surface area contributed by atoms with Gasteiger partial charge in [0.15, 0.2) is 0 Å². The number of likely N-dealkylation sites (tertiary alicyclic amines) is 1. The van der Waals surface area contributed by atoms with Crippen LogP contribution in [0, 0.1) is 18.8 Å². The average molecular weight is 365 g/mol. The molecule has 0 aromatic heterocycles. The van der Waals surface area contributed by atoms with Crippen molar-refractivity contribution < 1.29 is 0 Å². The van der Waals surface area contributed by atoms with Gasteiger partial charge in [0.1, 0.15) is 5.84 Å². The smallest absolute Gasteiger partial charge is 0.129 e. The number of benzene rings is 2. The number of aliphatic imine (C=N–C) groups is 1. The van der Waals surface area contributed by atoms with Gasteiger partial charge in [0, 0.05) is 18.0 Å². The minimum absolute atomic E-state index is 0.706. The minimum Gasteiger partial charge on any atom is -0.356 e. The first-order valence-corrected chi connectivity index (χ1v) is 10.3. The van der Waals surface area contributed by atoms with E-state index < -0.39 is 0 Å². The SMILES string of the molecule is Cc1ccc(N=C(C=CSc2ccccc2)N2CC(C)CC(C)C2)cc1. The second-order valence-corrected chi connectivity index (χ2v) is 8.37. The Morgan fingerprint density at radius 3 is 2.31 bits per heavy atom. The normalized spacial score (nSPS) is 21.3. The summed E-state index contributed by atoms with van der Waals surface area (Å²) in [5.74, 6) is 2.48. The van der Waals surface area contributed by atoms with Gasteiger partial charge in [0.05, 0.1) is 5.69 Å². The van der Waals surface area contributed by atoms with Crippen LogP contribution in [-0.2, 0) is 0 Å². The van der Waals surface area contributed by atoms with Crippen molar-refractivity contribution in [2.45, 2.75) is 32.1 Å². The van der Waals surface area contributed by atoms with Gasteiger partial charge in [0.2, 0.25) is 0 Å². The maximum atomic E-state index is 4.97. The number of hydrogen-bond donors (Lipinski definition) is 0. The maximum Gasteiger partial charge on any atom is 0.129 e. The van der Waals surface area contributed by atoms with Gasteiger partial charge in [0.25, 0.3) is 0 Å². The molecule has 1 heterocycles. The highest BCUT2D eigenvalue weighted by Gasteiger charge is 2.23. The molecule has 0 aliphatic carbocycles. The lowest BCUT2D eigenvalue weighted by Gasteiger charge is -2.36. The predicted octanol–water partition coefficient (Wildman–Crippen LogP) is 6.31. The van der Waals surface area contributed by atoms with Crippen LogP contribution in [0.5, 0.6) is 0 Å². The predicted molar refractivity (Wildman–Crippen MR) is 114 cm³/mol. The molecule has 1 fully saturated rings. The molecule has 2 aromatic rings. The monoisotopic (exact) mass is 364 g/mol. The summed E-state index contributed by atoms with van der Waals surface area (Å²) < 4.78 is 0. The molecule has 2 unspecified atom stereocenters. The Kier molecular flexibility index (Phi) is 6.56. The Bertz CT molecular complexity index is 740. The second-order valence-electron chi connectivity index (χ2n) is 7.39. The van der Waals surface area contributed by atoms with Crippen LogP contribution in [0.3, 0.4) is 0 Å². The zero-order valence-electron chi connectivity index (χ0n) is 15.9. The molecule has 0 radical (unpaired) electrons. The molecule has 1 aliphatic heterocycles. The molecule has 0 N–H and O–H groups in total. The lowest BCUT2D eigenvalue weighted by Crippen LogP contribution is -2.41. The topological polar surface area (TPSA) is 15.6 Å². The molecular formula is C23H28N2S. The summed E-state index contributed by atoms with van der Waals surface area (Å²) in [4.78, 5) is 8.66. The number of thioether (sulfide) groups is 1. The molecule has 3 heteroatoms. The molecule has 3 rings (SSSR count). The summed E-state index contributed by atoms with van der Waals surface area (Å²) in [6, 6.07) is 18.9. The highest BCUT2D eigenvalue weighted by molar-refractivity contribution is 8.02. The molecule has 0 bridgehead atoms. The lowest BCUT2D eigenvalue weighted by atomic mass is 9.92. The number of aryl methyl sites for hydroxylation is 1. The van der Waals surface area contributed by atoms with E-state index in [1.807, 2.05) is 0 Å². The van der Waals surface area contributed by atoms with Crippen molar-refractivity contribution in [2.24, 2.45) is 16.8 Å². The third-order valence-electron chi connectivity index (χ3n) is 4.63. The molecule has 26 heavy (non-hydrogen) atoms. The lowest BCUT2D eigenvalue weighted by molar-refractivity contribution is 0.214. The Morgan fingerprint density at radius 2 is 1.65 bits per heavy atom. The molecular weight excluding hydrogens is 336 g/mol. The minimum atomic E-state index is 0.706. The molecule has 1 saturated heterocycles. The van der Waals surface area contributed by atoms with Crippen molar-refractivity contribution in [3.05, 3.63) is 71.6 Å². The van der Waals surface area contributed by atoms with E-state index >= 15 is 0 Å². The van der Waals surface area contributed by atoms with Crippen molar-refractivity contribution in [1.82, 2.24) is 4.90 Å². The number of rotatable bonds is 4. The van der Waals surface area contributed by atoms with E-state index in [1.54, 1.807) is 11.8 Å². The third kappa shape index (κ3) is 5.50. The van der Waals surface area contributed by atoms with Crippen molar-refractivity contribution in [3.8, 4) is 0 Å². The van der Waals surface area contributed by atoms with Gasteiger partial charge < -0.3 is 4.90 Å². The van der Waals surface area contributed by atoms with Crippen LogP contribution in [0.2, 0.25) is 0 Å². The molecule has 2 aromatic carbocycles. The number of nitrogens with zero attached hydrogens (tertiary/aromatic N) is 2. The Balaban J connectivity index is 1.82. The Hall–Kier alpha value is -2.00. The largest absolute Gasteiger partial charge is 0.356 e. The van der Waals surface area contributed by atoms with Crippen molar-refractivity contribution in [3.63, 3.8) is 0 Å². The summed E-state index contributed by atoms with van der Waals surface area (Å²) in [7, 11) is 0. The Labute approximate surface area is 162 Å². The quantitative estimate of drug-likeness (QED) is 0.359. The maximum absolute atomic E-state index is 4.97. The van der Waals surface area contributed by atoms with Crippen LogP contribution < -0.4 is 0 Å².